The van der Waals surface area contributed by atoms with Crippen LogP contribution in [-0.2, 0) is 13.0 Å². The summed E-state index contributed by atoms with van der Waals surface area (Å²) in [5.41, 5.74) is 5.38. The van der Waals surface area contributed by atoms with Crippen molar-refractivity contribution < 1.29 is 5.11 Å². The fraction of sp³-hybridized carbons (Fsp3) is 0.857. The number of nitrogens with two attached hydrogens (primary N) is 1. The molecule has 0 aliphatic heterocycles. The molecule has 0 bridgehead atoms. The zero-order chi connectivity index (χ0) is 9.52. The molecule has 1 rings (SSSR count). The highest BCUT2D eigenvalue weighted by molar-refractivity contribution is 4.80. The van der Waals surface area contributed by atoms with Crippen molar-refractivity contribution in [1.29, 1.82) is 0 Å². The first kappa shape index (κ1) is 10.1. The van der Waals surface area contributed by atoms with E-state index in [1.807, 2.05) is 0 Å². The average molecular weight is 185 g/mol. The van der Waals surface area contributed by atoms with Crippen LogP contribution < -0.4 is 5.73 Å². The topological polar surface area (TPSA) is 89.9 Å². The Morgan fingerprint density at radius 1 is 1.38 bits per heavy atom. The summed E-state index contributed by atoms with van der Waals surface area (Å²) in [7, 11) is 0. The zero-order valence-electron chi connectivity index (χ0n) is 7.56. The molecule has 3 N–H and O–H groups in total. The van der Waals surface area contributed by atoms with E-state index in [0.29, 0.717) is 19.5 Å². The highest BCUT2D eigenvalue weighted by atomic mass is 16.3. The standard InChI is InChI=1S/C7H15N5O/c8-4-1-3-7-9-10-11-12(7)5-2-6-13/h13H,1-6,8H2. The van der Waals surface area contributed by atoms with E-state index in [-0.39, 0.29) is 6.61 Å². The van der Waals surface area contributed by atoms with Crippen LogP contribution in [0.25, 0.3) is 0 Å². The molecule has 0 aliphatic rings. The second kappa shape index (κ2) is 5.60. The van der Waals surface area contributed by atoms with E-state index >= 15 is 0 Å². The maximum atomic E-state index is 8.63. The van der Waals surface area contributed by atoms with E-state index in [9.17, 15) is 0 Å². The Morgan fingerprint density at radius 3 is 2.92 bits per heavy atom. The lowest BCUT2D eigenvalue weighted by Crippen LogP contribution is -2.09. The molecule has 0 saturated heterocycles. The highest BCUT2D eigenvalue weighted by Gasteiger charge is 2.03. The number of aliphatic hydroxyl groups excluding tert-OH is 1. The molecule has 1 aromatic heterocycles. The highest BCUT2D eigenvalue weighted by Crippen LogP contribution is 1.97. The summed E-state index contributed by atoms with van der Waals surface area (Å²) < 4.78 is 1.71. The van der Waals surface area contributed by atoms with Crippen molar-refractivity contribution in [3.05, 3.63) is 5.82 Å². The van der Waals surface area contributed by atoms with Crippen molar-refractivity contribution >= 4 is 0 Å². The van der Waals surface area contributed by atoms with Gasteiger partial charge in [0.1, 0.15) is 0 Å². The van der Waals surface area contributed by atoms with Crippen molar-refractivity contribution in [3.8, 4) is 0 Å². The van der Waals surface area contributed by atoms with Gasteiger partial charge in [-0.3, -0.25) is 0 Å². The summed E-state index contributed by atoms with van der Waals surface area (Å²) in [6.45, 7) is 1.48. The van der Waals surface area contributed by atoms with Crippen molar-refractivity contribution in [2.24, 2.45) is 5.73 Å². The van der Waals surface area contributed by atoms with Crippen LogP contribution in [0.1, 0.15) is 18.7 Å². The minimum atomic E-state index is 0.163. The largest absolute Gasteiger partial charge is 0.396 e. The summed E-state index contributed by atoms with van der Waals surface area (Å²) in [5.74, 6) is 0.846. The van der Waals surface area contributed by atoms with Crippen molar-refractivity contribution in [1.82, 2.24) is 20.2 Å². The summed E-state index contributed by atoms with van der Waals surface area (Å²) >= 11 is 0. The molecule has 0 amide bonds. The Balaban J connectivity index is 2.45. The van der Waals surface area contributed by atoms with Gasteiger partial charge in [0.25, 0.3) is 0 Å². The van der Waals surface area contributed by atoms with E-state index in [4.69, 9.17) is 10.8 Å². The van der Waals surface area contributed by atoms with Gasteiger partial charge in [-0.05, 0) is 29.8 Å². The minimum Gasteiger partial charge on any atom is -0.396 e. The van der Waals surface area contributed by atoms with Gasteiger partial charge in [-0.2, -0.15) is 0 Å². The summed E-state index contributed by atoms with van der Waals surface area (Å²) in [6, 6.07) is 0. The van der Waals surface area contributed by atoms with Gasteiger partial charge < -0.3 is 10.8 Å². The van der Waals surface area contributed by atoms with Crippen LogP contribution in [0.15, 0.2) is 0 Å². The lowest BCUT2D eigenvalue weighted by Gasteiger charge is -2.01. The van der Waals surface area contributed by atoms with Gasteiger partial charge in [-0.15, -0.1) is 5.10 Å². The summed E-state index contributed by atoms with van der Waals surface area (Å²) in [5, 5.41) is 19.9. The maximum absolute atomic E-state index is 8.63. The first-order valence-corrected chi connectivity index (χ1v) is 4.44. The third-order valence-electron chi connectivity index (χ3n) is 1.74. The molecule has 1 aromatic rings. The van der Waals surface area contributed by atoms with Crippen LogP contribution >= 0.6 is 0 Å². The van der Waals surface area contributed by atoms with Crippen LogP contribution in [0.4, 0.5) is 0 Å². The third-order valence-corrected chi connectivity index (χ3v) is 1.74. The molecule has 0 unspecified atom stereocenters. The van der Waals surface area contributed by atoms with Crippen LogP contribution in [0.3, 0.4) is 0 Å². The third kappa shape index (κ3) is 3.08. The Kier molecular flexibility index (Phi) is 4.34. The number of hydrogen-bond donors (Lipinski definition) is 2. The zero-order valence-corrected chi connectivity index (χ0v) is 7.56. The van der Waals surface area contributed by atoms with Gasteiger partial charge in [0.05, 0.1) is 0 Å². The number of aryl methyl sites for hydroxylation is 2. The molecule has 0 saturated carbocycles. The Labute approximate surface area is 76.7 Å². The lowest BCUT2D eigenvalue weighted by atomic mass is 10.3. The fourth-order valence-electron chi connectivity index (χ4n) is 1.06. The molecule has 13 heavy (non-hydrogen) atoms. The van der Waals surface area contributed by atoms with E-state index < -0.39 is 0 Å². The molecule has 0 fully saturated rings. The minimum absolute atomic E-state index is 0.163. The van der Waals surface area contributed by atoms with Crippen LogP contribution in [0, 0.1) is 0 Å². The SMILES string of the molecule is NCCCc1nnnn1CCCO. The number of tetrazole rings is 1. The Bertz CT molecular complexity index is 214. The van der Waals surface area contributed by atoms with Crippen molar-refractivity contribution in [3.63, 3.8) is 0 Å². The van der Waals surface area contributed by atoms with Crippen molar-refractivity contribution in [2.45, 2.75) is 25.8 Å². The molecule has 74 valence electrons. The number of aromatic nitrogens is 4. The molecule has 0 aromatic carbocycles. The first-order valence-electron chi connectivity index (χ1n) is 4.44. The van der Waals surface area contributed by atoms with Crippen molar-refractivity contribution in [2.75, 3.05) is 13.2 Å². The molecular weight excluding hydrogens is 170 g/mol. The van der Waals surface area contributed by atoms with Crippen LogP contribution in [0.5, 0.6) is 0 Å². The smallest absolute Gasteiger partial charge is 0.151 e. The summed E-state index contributed by atoms with van der Waals surface area (Å²) in [6.07, 6.45) is 2.37. The van der Waals surface area contributed by atoms with Gasteiger partial charge >= 0.3 is 0 Å². The molecule has 0 atom stereocenters. The molecule has 0 spiro atoms. The van der Waals surface area contributed by atoms with Crippen LogP contribution in [0.2, 0.25) is 0 Å². The van der Waals surface area contributed by atoms with E-state index in [1.54, 1.807) is 4.68 Å². The first-order chi connectivity index (χ1) is 6.38. The normalized spacial score (nSPS) is 10.6. The van der Waals surface area contributed by atoms with E-state index in [2.05, 4.69) is 15.5 Å². The van der Waals surface area contributed by atoms with Gasteiger partial charge in [0.15, 0.2) is 5.82 Å². The van der Waals surface area contributed by atoms with Crippen LogP contribution in [-0.4, -0.2) is 38.5 Å². The monoisotopic (exact) mass is 185 g/mol. The molecule has 1 heterocycles. The van der Waals surface area contributed by atoms with Gasteiger partial charge in [-0.1, -0.05) is 0 Å². The number of hydrogen-bond acceptors (Lipinski definition) is 5. The number of aliphatic hydroxyl groups is 1. The second-order valence-corrected chi connectivity index (χ2v) is 2.79. The average Bonchev–Trinajstić information content (AvgIpc) is 2.59. The Hall–Kier alpha value is -1.01. The van der Waals surface area contributed by atoms with Gasteiger partial charge in [-0.25, -0.2) is 4.68 Å². The molecular formula is C7H15N5O. The Morgan fingerprint density at radius 2 is 2.23 bits per heavy atom. The molecule has 0 radical (unpaired) electrons. The van der Waals surface area contributed by atoms with Gasteiger partial charge in [0, 0.05) is 19.6 Å². The quantitative estimate of drug-likeness (QED) is 0.590. The fourth-order valence-corrected chi connectivity index (χ4v) is 1.06. The predicted octanol–water partition coefficient (Wildman–Crippen LogP) is -1.05. The maximum Gasteiger partial charge on any atom is 0.151 e. The van der Waals surface area contributed by atoms with Gasteiger partial charge in [0.2, 0.25) is 0 Å². The summed E-state index contributed by atoms with van der Waals surface area (Å²) in [4.78, 5) is 0. The molecule has 0 aliphatic carbocycles. The number of nitrogens with zero attached hydrogens (tertiary/aromatic N) is 4. The predicted molar refractivity (Wildman–Crippen MR) is 46.9 cm³/mol. The molecule has 6 nitrogen and oxygen atoms in total. The number of rotatable bonds is 6. The second-order valence-electron chi connectivity index (χ2n) is 2.79. The van der Waals surface area contributed by atoms with E-state index in [0.717, 1.165) is 18.7 Å². The molecule has 6 heteroatoms. The van der Waals surface area contributed by atoms with E-state index in [1.165, 1.54) is 0 Å². The lowest BCUT2D eigenvalue weighted by molar-refractivity contribution is 0.275.